The second kappa shape index (κ2) is 7.82. The zero-order chi connectivity index (χ0) is 19.4. The predicted molar refractivity (Wildman–Crippen MR) is 104 cm³/mol. The van der Waals surface area contributed by atoms with Crippen LogP contribution in [-0.2, 0) is 4.79 Å². The molecular formula is C20H20N4O3. The van der Waals surface area contributed by atoms with Crippen molar-refractivity contribution in [3.05, 3.63) is 70.6 Å². The summed E-state index contributed by atoms with van der Waals surface area (Å²) in [5.74, 6) is -0.861. The van der Waals surface area contributed by atoms with E-state index in [1.807, 2.05) is 19.9 Å². The molecule has 1 aromatic heterocycles. The number of anilines is 1. The van der Waals surface area contributed by atoms with Crippen molar-refractivity contribution in [1.82, 2.24) is 15.1 Å². The van der Waals surface area contributed by atoms with Crippen molar-refractivity contribution in [2.75, 3.05) is 11.9 Å². The molecule has 0 fully saturated rings. The molecule has 7 nitrogen and oxygen atoms in total. The number of carbonyl (C=O) groups excluding carboxylic acids is 2. The largest absolute Gasteiger partial charge is 0.342 e. The molecular weight excluding hydrogens is 344 g/mol. The van der Waals surface area contributed by atoms with E-state index < -0.39 is 5.91 Å². The van der Waals surface area contributed by atoms with Crippen LogP contribution in [0.4, 0.5) is 5.69 Å². The zero-order valence-electron chi connectivity index (χ0n) is 15.1. The predicted octanol–water partition coefficient (Wildman–Crippen LogP) is 2.35. The van der Waals surface area contributed by atoms with Crippen molar-refractivity contribution in [2.45, 2.75) is 19.9 Å². The Kier molecular flexibility index (Phi) is 5.30. The van der Waals surface area contributed by atoms with Crippen LogP contribution < -0.4 is 16.2 Å². The molecule has 0 atom stereocenters. The van der Waals surface area contributed by atoms with E-state index in [-0.39, 0.29) is 29.7 Å². The van der Waals surface area contributed by atoms with Gasteiger partial charge in [-0.25, -0.2) is 4.68 Å². The molecule has 0 aliphatic heterocycles. The standard InChI is InChI=1S/C20H20N4O3/c1-13(2)24-20(27)16-11-7-6-10-15(16)18(23-24)19(26)21-12-17(25)22-14-8-4-3-5-9-14/h3-11,13H,12H2,1-2H3,(H,21,26)(H,22,25). The Hall–Kier alpha value is -3.48. The first-order valence-corrected chi connectivity index (χ1v) is 8.62. The van der Waals surface area contributed by atoms with Crippen molar-refractivity contribution in [3.8, 4) is 0 Å². The summed E-state index contributed by atoms with van der Waals surface area (Å²) in [6.45, 7) is 3.43. The Bertz CT molecular complexity index is 1040. The quantitative estimate of drug-likeness (QED) is 0.727. The molecule has 0 bridgehead atoms. The average molecular weight is 364 g/mol. The fraction of sp³-hybridized carbons (Fsp3) is 0.200. The molecule has 0 saturated heterocycles. The van der Waals surface area contributed by atoms with E-state index in [0.717, 1.165) is 0 Å². The van der Waals surface area contributed by atoms with E-state index in [4.69, 9.17) is 0 Å². The van der Waals surface area contributed by atoms with Crippen molar-refractivity contribution in [1.29, 1.82) is 0 Å². The summed E-state index contributed by atoms with van der Waals surface area (Å²) in [7, 11) is 0. The third kappa shape index (κ3) is 4.03. The fourth-order valence-electron chi connectivity index (χ4n) is 2.70. The van der Waals surface area contributed by atoms with Crippen molar-refractivity contribution >= 4 is 28.3 Å². The van der Waals surface area contributed by atoms with Crippen LogP contribution in [0.3, 0.4) is 0 Å². The Morgan fingerprint density at radius 2 is 1.63 bits per heavy atom. The summed E-state index contributed by atoms with van der Waals surface area (Å²) in [5.41, 5.74) is 0.513. The number of aromatic nitrogens is 2. The highest BCUT2D eigenvalue weighted by molar-refractivity contribution is 6.06. The monoisotopic (exact) mass is 364 g/mol. The van der Waals surface area contributed by atoms with Gasteiger partial charge in [0.1, 0.15) is 0 Å². The molecule has 7 heteroatoms. The molecule has 27 heavy (non-hydrogen) atoms. The van der Waals surface area contributed by atoms with Gasteiger partial charge in [0.15, 0.2) is 5.69 Å². The summed E-state index contributed by atoms with van der Waals surface area (Å²) in [6.07, 6.45) is 0. The minimum atomic E-state index is -0.510. The number of benzene rings is 2. The van der Waals surface area contributed by atoms with E-state index >= 15 is 0 Å². The molecule has 0 unspecified atom stereocenters. The van der Waals surface area contributed by atoms with Crippen LogP contribution in [0.15, 0.2) is 59.4 Å². The minimum Gasteiger partial charge on any atom is -0.342 e. The lowest BCUT2D eigenvalue weighted by Gasteiger charge is -2.13. The highest BCUT2D eigenvalue weighted by Gasteiger charge is 2.18. The lowest BCUT2D eigenvalue weighted by atomic mass is 10.1. The second-order valence-electron chi connectivity index (χ2n) is 6.33. The number of carbonyl (C=O) groups is 2. The summed E-state index contributed by atoms with van der Waals surface area (Å²) in [6, 6.07) is 15.6. The van der Waals surface area contributed by atoms with Crippen LogP contribution in [0, 0.1) is 0 Å². The second-order valence-corrected chi connectivity index (χ2v) is 6.33. The molecule has 0 aliphatic carbocycles. The third-order valence-corrected chi connectivity index (χ3v) is 4.00. The maximum atomic E-state index is 12.6. The van der Waals surface area contributed by atoms with E-state index in [1.54, 1.807) is 48.5 Å². The third-order valence-electron chi connectivity index (χ3n) is 4.00. The van der Waals surface area contributed by atoms with Gasteiger partial charge in [0.25, 0.3) is 11.5 Å². The van der Waals surface area contributed by atoms with Gasteiger partial charge in [-0.1, -0.05) is 36.4 Å². The summed E-state index contributed by atoms with van der Waals surface area (Å²) >= 11 is 0. The first-order valence-electron chi connectivity index (χ1n) is 8.62. The number of rotatable bonds is 5. The number of nitrogens with zero attached hydrogens (tertiary/aromatic N) is 2. The van der Waals surface area contributed by atoms with Crippen LogP contribution >= 0.6 is 0 Å². The highest BCUT2D eigenvalue weighted by Crippen LogP contribution is 2.14. The smallest absolute Gasteiger partial charge is 0.274 e. The molecule has 0 radical (unpaired) electrons. The molecule has 3 aromatic rings. The summed E-state index contributed by atoms with van der Waals surface area (Å²) < 4.78 is 1.28. The Morgan fingerprint density at radius 1 is 1.00 bits per heavy atom. The fourth-order valence-corrected chi connectivity index (χ4v) is 2.70. The number of para-hydroxylation sites is 1. The lowest BCUT2D eigenvalue weighted by Crippen LogP contribution is -2.35. The molecule has 0 saturated carbocycles. The maximum Gasteiger partial charge on any atom is 0.274 e. The molecule has 2 aromatic carbocycles. The molecule has 0 spiro atoms. The van der Waals surface area contributed by atoms with Gasteiger partial charge in [-0.05, 0) is 32.0 Å². The first kappa shape index (κ1) is 18.3. The topological polar surface area (TPSA) is 93.1 Å². The number of nitrogens with one attached hydrogen (secondary N) is 2. The molecule has 2 N–H and O–H groups in total. The van der Waals surface area contributed by atoms with Gasteiger partial charge in [0.05, 0.1) is 18.0 Å². The number of amides is 2. The van der Waals surface area contributed by atoms with Gasteiger partial charge in [-0.15, -0.1) is 0 Å². The molecule has 2 amide bonds. The molecule has 3 rings (SSSR count). The van der Waals surface area contributed by atoms with E-state index in [0.29, 0.717) is 16.5 Å². The maximum absolute atomic E-state index is 12.6. The van der Waals surface area contributed by atoms with Gasteiger partial charge in [0, 0.05) is 11.1 Å². The summed E-state index contributed by atoms with van der Waals surface area (Å²) in [5, 5.41) is 10.4. The summed E-state index contributed by atoms with van der Waals surface area (Å²) in [4.78, 5) is 37.2. The van der Waals surface area contributed by atoms with E-state index in [9.17, 15) is 14.4 Å². The van der Waals surface area contributed by atoms with Crippen LogP contribution in [0.5, 0.6) is 0 Å². The van der Waals surface area contributed by atoms with Crippen molar-refractivity contribution < 1.29 is 9.59 Å². The van der Waals surface area contributed by atoms with Gasteiger partial charge in [0.2, 0.25) is 5.91 Å². The van der Waals surface area contributed by atoms with Crippen molar-refractivity contribution in [3.63, 3.8) is 0 Å². The van der Waals surface area contributed by atoms with Gasteiger partial charge >= 0.3 is 0 Å². The molecule has 1 heterocycles. The zero-order valence-corrected chi connectivity index (χ0v) is 15.1. The lowest BCUT2D eigenvalue weighted by molar-refractivity contribution is -0.115. The van der Waals surface area contributed by atoms with Crippen LogP contribution in [-0.4, -0.2) is 28.1 Å². The van der Waals surface area contributed by atoms with Gasteiger partial charge in [-0.2, -0.15) is 5.10 Å². The minimum absolute atomic E-state index is 0.117. The van der Waals surface area contributed by atoms with Crippen LogP contribution in [0.2, 0.25) is 0 Å². The Labute approximate surface area is 156 Å². The number of fused-ring (bicyclic) bond motifs is 1. The Balaban J connectivity index is 1.82. The van der Waals surface area contributed by atoms with Gasteiger partial charge in [-0.3, -0.25) is 14.4 Å². The normalized spacial score (nSPS) is 10.8. The highest BCUT2D eigenvalue weighted by atomic mass is 16.2. The molecule has 138 valence electrons. The molecule has 0 aliphatic rings. The SMILES string of the molecule is CC(C)n1nc(C(=O)NCC(=O)Nc2ccccc2)c2ccccc2c1=O. The van der Waals surface area contributed by atoms with E-state index in [1.165, 1.54) is 4.68 Å². The number of hydrogen-bond donors (Lipinski definition) is 2. The first-order chi connectivity index (χ1) is 13.0. The number of hydrogen-bond acceptors (Lipinski definition) is 4. The van der Waals surface area contributed by atoms with Crippen LogP contribution in [0.25, 0.3) is 10.8 Å². The Morgan fingerprint density at radius 3 is 2.30 bits per heavy atom. The average Bonchev–Trinajstić information content (AvgIpc) is 2.67. The van der Waals surface area contributed by atoms with Gasteiger partial charge < -0.3 is 10.6 Å². The van der Waals surface area contributed by atoms with E-state index in [2.05, 4.69) is 15.7 Å². The van der Waals surface area contributed by atoms with Crippen molar-refractivity contribution in [2.24, 2.45) is 0 Å². The van der Waals surface area contributed by atoms with Crippen LogP contribution in [0.1, 0.15) is 30.4 Å².